The van der Waals surface area contributed by atoms with Crippen LogP contribution in [0.3, 0.4) is 0 Å². The molecule has 5 nitrogen and oxygen atoms in total. The fourth-order valence-electron chi connectivity index (χ4n) is 1.26. The molecule has 0 aromatic heterocycles. The zero-order valence-corrected chi connectivity index (χ0v) is 11.8. The lowest BCUT2D eigenvalue weighted by Gasteiger charge is -2.10. The number of hydrogen-bond donors (Lipinski definition) is 2. The summed E-state index contributed by atoms with van der Waals surface area (Å²) in [5.74, 6) is -1.21. The van der Waals surface area contributed by atoms with Gasteiger partial charge in [0, 0.05) is 6.08 Å². The van der Waals surface area contributed by atoms with Gasteiger partial charge in [0.25, 0.3) is 0 Å². The van der Waals surface area contributed by atoms with E-state index in [2.05, 4.69) is 0 Å². The van der Waals surface area contributed by atoms with Crippen molar-refractivity contribution in [3.8, 4) is 0 Å². The second-order valence-electron chi connectivity index (χ2n) is 3.80. The monoisotopic (exact) mass is 343 g/mol. The molecule has 0 radical (unpaired) electrons. The lowest BCUT2D eigenvalue weighted by molar-refractivity contribution is -0.131. The first kappa shape index (κ1) is 17.5. The van der Waals surface area contributed by atoms with Crippen LogP contribution in [0.5, 0.6) is 0 Å². The first-order chi connectivity index (χ1) is 9.51. The maximum absolute atomic E-state index is 12.0. The Hall–Kier alpha value is -1.58. The third kappa shape index (κ3) is 5.74. The molecular formula is C11H9ClF3NO4S. The summed E-state index contributed by atoms with van der Waals surface area (Å²) in [4.78, 5) is 9.80. The van der Waals surface area contributed by atoms with Crippen molar-refractivity contribution in [2.75, 3.05) is 6.54 Å². The van der Waals surface area contributed by atoms with Crippen molar-refractivity contribution in [1.29, 1.82) is 0 Å². The third-order valence-corrected chi connectivity index (χ3v) is 4.01. The zero-order valence-electron chi connectivity index (χ0n) is 10.2. The number of carboxylic acid groups (broad SMARTS) is 1. The highest BCUT2D eigenvalue weighted by Gasteiger charge is 2.30. The van der Waals surface area contributed by atoms with Gasteiger partial charge in [-0.1, -0.05) is 17.7 Å². The van der Waals surface area contributed by atoms with Crippen molar-refractivity contribution >= 4 is 33.7 Å². The molecule has 0 amide bonds. The molecule has 0 aliphatic rings. The molecule has 10 heteroatoms. The summed E-state index contributed by atoms with van der Waals surface area (Å²) in [5.41, 5.74) is 0.289. The van der Waals surface area contributed by atoms with Gasteiger partial charge in [-0.3, -0.25) is 0 Å². The summed E-state index contributed by atoms with van der Waals surface area (Å²) >= 11 is 5.70. The highest BCUT2D eigenvalue weighted by molar-refractivity contribution is 7.89. The minimum atomic E-state index is -4.69. The van der Waals surface area contributed by atoms with Gasteiger partial charge in [0.15, 0.2) is 0 Å². The summed E-state index contributed by atoms with van der Waals surface area (Å²) in [5, 5.41) is 8.12. The van der Waals surface area contributed by atoms with Crippen LogP contribution in [0.25, 0.3) is 6.08 Å². The molecule has 0 fully saturated rings. The van der Waals surface area contributed by atoms with Crippen LogP contribution in [0.4, 0.5) is 13.2 Å². The van der Waals surface area contributed by atoms with Crippen LogP contribution >= 0.6 is 11.6 Å². The van der Waals surface area contributed by atoms with Crippen LogP contribution in [0.15, 0.2) is 29.2 Å². The first-order valence-electron chi connectivity index (χ1n) is 5.28. The van der Waals surface area contributed by atoms with Crippen molar-refractivity contribution in [1.82, 2.24) is 4.72 Å². The molecule has 0 unspecified atom stereocenters. The van der Waals surface area contributed by atoms with Crippen LogP contribution in [0.2, 0.25) is 5.02 Å². The van der Waals surface area contributed by atoms with Gasteiger partial charge in [-0.2, -0.15) is 13.2 Å². The van der Waals surface area contributed by atoms with Crippen molar-refractivity contribution in [3.05, 3.63) is 34.9 Å². The number of hydrogen-bond acceptors (Lipinski definition) is 3. The standard InChI is InChI=1S/C11H9ClF3NO4S/c12-8-5-7(2-4-10(17)18)1-3-9(8)21(19,20)16-6-11(13,14)15/h1-5,16H,6H2,(H,17,18). The Bertz CT molecular complexity index is 671. The summed E-state index contributed by atoms with van der Waals surface area (Å²) in [6, 6.07) is 3.33. The Morgan fingerprint density at radius 3 is 2.48 bits per heavy atom. The van der Waals surface area contributed by atoms with E-state index in [9.17, 15) is 26.4 Å². The van der Waals surface area contributed by atoms with E-state index >= 15 is 0 Å². The quantitative estimate of drug-likeness (QED) is 0.803. The molecular weight excluding hydrogens is 335 g/mol. The first-order valence-corrected chi connectivity index (χ1v) is 7.14. The van der Waals surface area contributed by atoms with Crippen molar-refractivity contribution in [2.24, 2.45) is 0 Å². The number of aliphatic carboxylic acids is 1. The van der Waals surface area contributed by atoms with Gasteiger partial charge >= 0.3 is 12.1 Å². The van der Waals surface area contributed by atoms with E-state index < -0.39 is 33.6 Å². The number of rotatable bonds is 5. The Kier molecular flexibility index (Phi) is 5.37. The van der Waals surface area contributed by atoms with Crippen LogP contribution < -0.4 is 4.72 Å². The molecule has 116 valence electrons. The van der Waals surface area contributed by atoms with Crippen molar-refractivity contribution < 1.29 is 31.5 Å². The summed E-state index contributed by atoms with van der Waals surface area (Å²) in [7, 11) is -4.41. The van der Waals surface area contributed by atoms with Gasteiger partial charge in [-0.25, -0.2) is 17.9 Å². The van der Waals surface area contributed by atoms with Crippen molar-refractivity contribution in [2.45, 2.75) is 11.1 Å². The molecule has 0 atom stereocenters. The molecule has 0 aliphatic carbocycles. The number of carbonyl (C=O) groups is 1. The molecule has 1 rings (SSSR count). The highest BCUT2D eigenvalue weighted by Crippen LogP contribution is 2.24. The number of alkyl halides is 3. The average molecular weight is 344 g/mol. The van der Waals surface area contributed by atoms with E-state index in [4.69, 9.17) is 16.7 Å². The maximum Gasteiger partial charge on any atom is 0.402 e. The fourth-order valence-corrected chi connectivity index (χ4v) is 2.83. The zero-order chi connectivity index (χ0) is 16.3. The number of nitrogens with one attached hydrogen (secondary N) is 1. The van der Waals surface area contributed by atoms with Gasteiger partial charge in [0.05, 0.1) is 5.02 Å². The molecule has 1 aromatic rings. The van der Waals surface area contributed by atoms with Crippen LogP contribution in [0, 0.1) is 0 Å². The Balaban J connectivity index is 3.01. The predicted molar refractivity (Wildman–Crippen MR) is 69.4 cm³/mol. The highest BCUT2D eigenvalue weighted by atomic mass is 35.5. The van der Waals surface area contributed by atoms with Crippen LogP contribution in [0.1, 0.15) is 5.56 Å². The average Bonchev–Trinajstić information content (AvgIpc) is 2.33. The molecule has 2 N–H and O–H groups in total. The van der Waals surface area contributed by atoms with Crippen LogP contribution in [-0.4, -0.2) is 32.2 Å². The van der Waals surface area contributed by atoms with Gasteiger partial charge < -0.3 is 5.11 Å². The van der Waals surface area contributed by atoms with Crippen molar-refractivity contribution in [3.63, 3.8) is 0 Å². The van der Waals surface area contributed by atoms with Gasteiger partial charge in [-0.05, 0) is 23.8 Å². The van der Waals surface area contributed by atoms with E-state index in [-0.39, 0.29) is 10.6 Å². The predicted octanol–water partition coefficient (Wildman–Crippen LogP) is 2.28. The Labute approximate surface area is 123 Å². The number of benzene rings is 1. The summed E-state index contributed by atoms with van der Waals surface area (Å²) in [6.07, 6.45) is -2.72. The number of sulfonamides is 1. The lowest BCUT2D eigenvalue weighted by Crippen LogP contribution is -2.33. The maximum atomic E-state index is 12.0. The Morgan fingerprint density at radius 2 is 2.00 bits per heavy atom. The second-order valence-corrected chi connectivity index (χ2v) is 5.94. The van der Waals surface area contributed by atoms with Crippen LogP contribution in [-0.2, 0) is 14.8 Å². The van der Waals surface area contributed by atoms with E-state index in [1.165, 1.54) is 10.8 Å². The summed E-state index contributed by atoms with van der Waals surface area (Å²) in [6.45, 7) is -1.72. The number of carboxylic acids is 1. The van der Waals surface area contributed by atoms with E-state index in [0.29, 0.717) is 0 Å². The normalized spacial score (nSPS) is 12.8. The topological polar surface area (TPSA) is 83.5 Å². The fraction of sp³-hybridized carbons (Fsp3) is 0.182. The largest absolute Gasteiger partial charge is 0.478 e. The third-order valence-electron chi connectivity index (χ3n) is 2.13. The van der Waals surface area contributed by atoms with E-state index in [1.54, 1.807) is 0 Å². The molecule has 0 bridgehead atoms. The molecule has 21 heavy (non-hydrogen) atoms. The molecule has 0 saturated heterocycles. The SMILES string of the molecule is O=C(O)C=Cc1ccc(S(=O)(=O)NCC(F)(F)F)c(Cl)c1. The van der Waals surface area contributed by atoms with E-state index in [1.807, 2.05) is 0 Å². The molecule has 0 spiro atoms. The Morgan fingerprint density at radius 1 is 1.38 bits per heavy atom. The van der Waals surface area contributed by atoms with E-state index in [0.717, 1.165) is 24.3 Å². The van der Waals surface area contributed by atoms with Gasteiger partial charge in [0.2, 0.25) is 10.0 Å². The minimum absolute atomic E-state index is 0.289. The van der Waals surface area contributed by atoms with Gasteiger partial charge in [0.1, 0.15) is 11.4 Å². The molecule has 0 saturated carbocycles. The summed E-state index contributed by atoms with van der Waals surface area (Å²) < 4.78 is 60.8. The minimum Gasteiger partial charge on any atom is -0.478 e. The molecule has 1 aromatic carbocycles. The lowest BCUT2D eigenvalue weighted by atomic mass is 10.2. The van der Waals surface area contributed by atoms with Gasteiger partial charge in [-0.15, -0.1) is 0 Å². The second kappa shape index (κ2) is 6.46. The number of halogens is 4. The molecule has 0 aliphatic heterocycles. The smallest absolute Gasteiger partial charge is 0.402 e. The molecule has 0 heterocycles.